The second-order valence-corrected chi connectivity index (χ2v) is 19.6. The molecule has 37 heavy (non-hydrogen) atoms. The molecule has 3 unspecified atom stereocenters. The maximum atomic E-state index is 5.83. The van der Waals surface area contributed by atoms with Crippen LogP contribution in [-0.2, 0) is 13.5 Å². The largest absolute Gasteiger partial charge is 0.328 e. The van der Waals surface area contributed by atoms with Gasteiger partial charge in [0, 0.05) is 18.8 Å². The number of hydrogen-bond donors (Lipinski definition) is 0. The van der Waals surface area contributed by atoms with Crippen molar-refractivity contribution in [3.63, 3.8) is 0 Å². The van der Waals surface area contributed by atoms with E-state index < -0.39 is 13.5 Å². The zero-order valence-electron chi connectivity index (χ0n) is 24.9. The number of aromatic hydroxyl groups is 1. The van der Waals surface area contributed by atoms with E-state index in [9.17, 15) is 0 Å². The van der Waals surface area contributed by atoms with Gasteiger partial charge in [-0.05, 0) is 44.9 Å². The Kier molecular flexibility index (Phi) is 10.3. The SMILES string of the molecule is CC(C)[OH+]c1ccccc1[CH]=[Ru]([Cl])[Cl].CC1CC([N+](C)(C)C)CC(C)C1N1[CH+][C@@]2(C)CC[C@]1(C)CC2C. The molecule has 0 aromatic heterocycles. The summed E-state index contributed by atoms with van der Waals surface area (Å²) in [6, 6.07) is 9.48. The van der Waals surface area contributed by atoms with E-state index in [-0.39, 0.29) is 6.10 Å². The van der Waals surface area contributed by atoms with Gasteiger partial charge in [-0.25, -0.2) is 0 Å². The van der Waals surface area contributed by atoms with Gasteiger partial charge < -0.3 is 4.48 Å². The van der Waals surface area contributed by atoms with E-state index in [4.69, 9.17) is 19.4 Å². The van der Waals surface area contributed by atoms with Crippen LogP contribution in [0, 0.1) is 29.7 Å². The molecule has 4 fully saturated rings. The summed E-state index contributed by atoms with van der Waals surface area (Å²) in [5, 5.41) is 0. The standard InChI is InChI=1S/C21H40N2.C10H12O.2ClH.Ru/c1-15-11-18(23(6,7)8)12-16(2)19(15)22-14-20(4)9-10-21(22,5)13-17(20)3;1-8(2)11-10-7-5-4-6-9(10)3;;;/h14-19H,9-13H2,1-8H3;3-8H,1-2H3;2*1H;/q+2;;;;+2/p-1/t15?,16?,17?,18?,19?,20-,21-;;;;/m1..../s1. The van der Waals surface area contributed by atoms with Gasteiger partial charge in [-0.2, -0.15) is 0 Å². The molecule has 5 rings (SSSR count). The molecule has 1 aromatic carbocycles. The number of piperidine rings is 2. The number of halogens is 2. The molecule has 1 aromatic rings. The summed E-state index contributed by atoms with van der Waals surface area (Å²) in [5.41, 5.74) is 1.90. The van der Waals surface area contributed by atoms with Crippen LogP contribution in [0.4, 0.5) is 0 Å². The fourth-order valence-electron chi connectivity index (χ4n) is 7.15. The Balaban J connectivity index is 0.000000233. The van der Waals surface area contributed by atoms with Crippen molar-refractivity contribution < 1.29 is 22.7 Å². The van der Waals surface area contributed by atoms with E-state index in [0.717, 1.165) is 45.6 Å². The van der Waals surface area contributed by atoms with Crippen molar-refractivity contribution in [2.75, 3.05) is 21.1 Å². The number of ether oxygens (including phenoxy) is 1. The van der Waals surface area contributed by atoms with Gasteiger partial charge in [-0.15, -0.1) is 4.90 Å². The van der Waals surface area contributed by atoms with Crippen LogP contribution in [0.15, 0.2) is 24.3 Å². The van der Waals surface area contributed by atoms with Crippen LogP contribution in [0.2, 0.25) is 0 Å². The number of fused-ring (bicyclic) bond motifs is 3. The predicted molar refractivity (Wildman–Crippen MR) is 159 cm³/mol. The Labute approximate surface area is 241 Å². The quantitative estimate of drug-likeness (QED) is 0.138. The van der Waals surface area contributed by atoms with E-state index in [0.29, 0.717) is 11.0 Å². The molecule has 5 atom stereocenters. The first-order chi connectivity index (χ1) is 17.1. The monoisotopic (exact) mass is 641 g/mol. The molecule has 4 aliphatic rings. The van der Waals surface area contributed by atoms with Gasteiger partial charge >= 0.3 is 97.8 Å². The fraction of sp³-hybridized carbons (Fsp3) is 0.742. The van der Waals surface area contributed by atoms with Crippen molar-refractivity contribution in [3.05, 3.63) is 36.4 Å². The zero-order chi connectivity index (χ0) is 27.8. The van der Waals surface area contributed by atoms with Crippen molar-refractivity contribution in [1.29, 1.82) is 0 Å². The first-order valence-electron chi connectivity index (χ1n) is 14.1. The average Bonchev–Trinajstić information content (AvgIpc) is 2.75. The fourth-order valence-corrected chi connectivity index (χ4v) is 8.97. The molecule has 0 amide bonds. The first-order valence-corrected chi connectivity index (χ1v) is 19.6. The van der Waals surface area contributed by atoms with Gasteiger partial charge in [0.1, 0.15) is 5.41 Å². The van der Waals surface area contributed by atoms with Crippen molar-refractivity contribution >= 4 is 24.0 Å². The van der Waals surface area contributed by atoms with Crippen molar-refractivity contribution in [1.82, 2.24) is 4.90 Å². The zero-order valence-corrected chi connectivity index (χ0v) is 28.2. The Hall–Kier alpha value is -0.117. The molecular formula is C31H53Cl2N2ORu+3. The van der Waals surface area contributed by atoms with Crippen LogP contribution in [0.1, 0.15) is 86.1 Å². The second-order valence-electron chi connectivity index (χ2n) is 13.9. The summed E-state index contributed by atoms with van der Waals surface area (Å²) in [4.78, 5) is 2.87. The van der Waals surface area contributed by atoms with Crippen molar-refractivity contribution in [2.45, 2.75) is 104 Å². The number of aliphatic hydroxyl groups is 1. The summed E-state index contributed by atoms with van der Waals surface area (Å²) >= 11 is -1.75. The van der Waals surface area contributed by atoms with E-state index in [1.165, 1.54) is 32.1 Å². The van der Waals surface area contributed by atoms with Gasteiger partial charge in [-0.1, -0.05) is 20.8 Å². The van der Waals surface area contributed by atoms with Crippen LogP contribution in [0.5, 0.6) is 5.75 Å². The minimum atomic E-state index is -1.75. The molecule has 3 nitrogen and oxygen atoms in total. The minimum absolute atomic E-state index is 0.288. The average molecular weight is 642 g/mol. The molecule has 0 radical (unpaired) electrons. The van der Waals surface area contributed by atoms with Crippen LogP contribution in [0.3, 0.4) is 0 Å². The number of nitrogens with zero attached hydrogens (tertiary/aromatic N) is 2. The minimum Gasteiger partial charge on any atom is -0.328 e. The van der Waals surface area contributed by atoms with Gasteiger partial charge in [-0.3, -0.25) is 0 Å². The third kappa shape index (κ3) is 7.55. The topological polar surface area (TPSA) is 16.0 Å². The second kappa shape index (κ2) is 12.2. The van der Waals surface area contributed by atoms with Gasteiger partial charge in [0.2, 0.25) is 0 Å². The smallest absolute Gasteiger partial charge is 0.165 e. The first kappa shape index (κ1) is 31.4. The molecule has 0 spiro atoms. The summed E-state index contributed by atoms with van der Waals surface area (Å²) in [5.74, 6) is 3.41. The molecule has 2 bridgehead atoms. The number of quaternary nitrogens is 1. The van der Waals surface area contributed by atoms with E-state index in [2.05, 4.69) is 71.9 Å². The third-order valence-electron chi connectivity index (χ3n) is 9.52. The van der Waals surface area contributed by atoms with Gasteiger partial charge in [0.05, 0.1) is 38.8 Å². The Morgan fingerprint density at radius 3 is 2.16 bits per heavy atom. The molecule has 6 heteroatoms. The van der Waals surface area contributed by atoms with Gasteiger partial charge in [0.25, 0.3) is 0 Å². The third-order valence-corrected chi connectivity index (χ3v) is 11.4. The Bertz CT molecular complexity index is 931. The molecule has 2 heterocycles. The molecule has 2 aliphatic carbocycles. The number of rotatable bonds is 5. The molecule has 2 aliphatic heterocycles. The molecule has 1 N–H and O–H groups in total. The van der Waals surface area contributed by atoms with E-state index in [1.54, 1.807) is 0 Å². The molecule has 2 saturated heterocycles. The summed E-state index contributed by atoms with van der Waals surface area (Å²) < 4.78 is 7.53. The molecular weight excluding hydrogens is 588 g/mol. The maximum Gasteiger partial charge on any atom is 0.165 e. The normalized spacial score (nSPS) is 36.4. The number of para-hydroxylation sites is 1. The Morgan fingerprint density at radius 1 is 1.05 bits per heavy atom. The number of hydrogen-bond acceptors (Lipinski definition) is 1. The van der Waals surface area contributed by atoms with E-state index >= 15 is 0 Å². The molecule has 212 valence electrons. The van der Waals surface area contributed by atoms with Crippen LogP contribution in [-0.4, -0.2) is 63.6 Å². The Morgan fingerprint density at radius 2 is 1.65 bits per heavy atom. The van der Waals surface area contributed by atoms with Gasteiger partial charge in [0.15, 0.2) is 6.54 Å². The van der Waals surface area contributed by atoms with Crippen LogP contribution < -0.4 is 0 Å². The summed E-state index contributed by atoms with van der Waals surface area (Å²) in [7, 11) is 18.8. The molecule has 2 saturated carbocycles. The predicted octanol–water partition coefficient (Wildman–Crippen LogP) is 7.97. The van der Waals surface area contributed by atoms with Crippen LogP contribution >= 0.6 is 19.4 Å². The maximum absolute atomic E-state index is 5.83. The summed E-state index contributed by atoms with van der Waals surface area (Å²) in [6.45, 7) is 19.4. The summed E-state index contributed by atoms with van der Waals surface area (Å²) in [6.07, 6.45) is 7.21. The van der Waals surface area contributed by atoms with Crippen molar-refractivity contribution in [2.24, 2.45) is 23.2 Å². The van der Waals surface area contributed by atoms with Crippen molar-refractivity contribution in [3.8, 4) is 5.75 Å². The van der Waals surface area contributed by atoms with E-state index in [1.807, 2.05) is 42.7 Å². The van der Waals surface area contributed by atoms with Crippen LogP contribution in [0.25, 0.3) is 0 Å². The number of benzene rings is 1.